The Balaban J connectivity index is 2.59. The van der Waals surface area contributed by atoms with Crippen LogP contribution in [0.3, 0.4) is 0 Å². The fourth-order valence-electron chi connectivity index (χ4n) is 1.48. The van der Waals surface area contributed by atoms with Crippen molar-refractivity contribution in [1.82, 2.24) is 9.97 Å². The minimum atomic E-state index is -0.337. The van der Waals surface area contributed by atoms with Gasteiger partial charge in [0.1, 0.15) is 16.1 Å². The minimum Gasteiger partial charge on any atom is -0.219 e. The third-order valence-electron chi connectivity index (χ3n) is 2.31. The Kier molecular flexibility index (Phi) is 4.49. The van der Waals surface area contributed by atoms with Crippen molar-refractivity contribution >= 4 is 50.7 Å². The first-order valence-electron chi connectivity index (χ1n) is 5.12. The molecule has 1 atom stereocenters. The van der Waals surface area contributed by atoms with Gasteiger partial charge in [-0.15, -0.1) is 11.6 Å². The predicted octanol–water partition coefficient (Wildman–Crippen LogP) is 5.51. The molecule has 2 aromatic rings. The summed E-state index contributed by atoms with van der Waals surface area (Å²) < 4.78 is 0.932. The van der Waals surface area contributed by atoms with Crippen molar-refractivity contribution in [3.05, 3.63) is 44.9 Å². The van der Waals surface area contributed by atoms with E-state index in [4.69, 9.17) is 34.8 Å². The van der Waals surface area contributed by atoms with Crippen LogP contribution < -0.4 is 0 Å². The van der Waals surface area contributed by atoms with Gasteiger partial charge in [0, 0.05) is 4.47 Å². The molecular weight excluding hydrogens is 358 g/mol. The lowest BCUT2D eigenvalue weighted by molar-refractivity contribution is 0.912. The van der Waals surface area contributed by atoms with Gasteiger partial charge in [-0.05, 0) is 24.6 Å². The lowest BCUT2D eigenvalue weighted by Gasteiger charge is -2.09. The SMILES string of the molecule is CC(Cl)c1nc(Cl)c(-c2cccc(Br)c2)c(Cl)n1. The molecule has 1 aromatic carbocycles. The number of hydrogen-bond acceptors (Lipinski definition) is 2. The van der Waals surface area contributed by atoms with Gasteiger partial charge >= 0.3 is 0 Å². The summed E-state index contributed by atoms with van der Waals surface area (Å²) >= 11 is 21.6. The second-order valence-corrected chi connectivity index (χ2v) is 5.95. The van der Waals surface area contributed by atoms with Gasteiger partial charge in [0.05, 0.1) is 10.9 Å². The topological polar surface area (TPSA) is 25.8 Å². The molecule has 2 rings (SSSR count). The Bertz CT molecular complexity index is 564. The maximum Gasteiger partial charge on any atom is 0.149 e. The van der Waals surface area contributed by atoms with Crippen molar-refractivity contribution < 1.29 is 0 Å². The van der Waals surface area contributed by atoms with Crippen LogP contribution in [-0.2, 0) is 0 Å². The molecule has 18 heavy (non-hydrogen) atoms. The van der Waals surface area contributed by atoms with Gasteiger partial charge in [-0.3, -0.25) is 0 Å². The highest BCUT2D eigenvalue weighted by Gasteiger charge is 2.16. The number of alkyl halides is 1. The van der Waals surface area contributed by atoms with E-state index in [9.17, 15) is 0 Å². The first kappa shape index (κ1) is 14.1. The minimum absolute atomic E-state index is 0.301. The summed E-state index contributed by atoms with van der Waals surface area (Å²) in [5.74, 6) is 0.422. The highest BCUT2D eigenvalue weighted by atomic mass is 79.9. The summed E-state index contributed by atoms with van der Waals surface area (Å²) in [5, 5.41) is 0.266. The van der Waals surface area contributed by atoms with Gasteiger partial charge in [0.25, 0.3) is 0 Å². The summed E-state index contributed by atoms with van der Waals surface area (Å²) in [6, 6.07) is 7.61. The van der Waals surface area contributed by atoms with Crippen molar-refractivity contribution in [2.45, 2.75) is 12.3 Å². The second-order valence-electron chi connectivity index (χ2n) is 3.66. The summed E-state index contributed by atoms with van der Waals surface area (Å²) in [7, 11) is 0. The summed E-state index contributed by atoms with van der Waals surface area (Å²) in [6.45, 7) is 1.77. The number of aromatic nitrogens is 2. The zero-order chi connectivity index (χ0) is 13.3. The van der Waals surface area contributed by atoms with Crippen LogP contribution in [0.5, 0.6) is 0 Å². The Morgan fingerprint density at radius 2 is 1.78 bits per heavy atom. The van der Waals surface area contributed by atoms with Crippen molar-refractivity contribution in [3.63, 3.8) is 0 Å². The van der Waals surface area contributed by atoms with E-state index in [0.717, 1.165) is 10.0 Å². The molecule has 1 aromatic heterocycles. The molecule has 0 aliphatic carbocycles. The van der Waals surface area contributed by atoms with Gasteiger partial charge < -0.3 is 0 Å². The smallest absolute Gasteiger partial charge is 0.149 e. The first-order valence-corrected chi connectivity index (χ1v) is 7.10. The van der Waals surface area contributed by atoms with E-state index in [1.807, 2.05) is 24.3 Å². The molecule has 0 saturated carbocycles. The third-order valence-corrected chi connectivity index (χ3v) is 3.54. The van der Waals surface area contributed by atoms with Gasteiger partial charge in [0.15, 0.2) is 0 Å². The molecule has 6 heteroatoms. The van der Waals surface area contributed by atoms with Crippen LogP contribution in [0.4, 0.5) is 0 Å². The Labute approximate surface area is 128 Å². The summed E-state index contributed by atoms with van der Waals surface area (Å²) in [6.07, 6.45) is 0. The quantitative estimate of drug-likeness (QED) is 0.517. The number of nitrogens with zero attached hydrogens (tertiary/aromatic N) is 2. The lowest BCUT2D eigenvalue weighted by Crippen LogP contribution is -1.99. The zero-order valence-electron chi connectivity index (χ0n) is 9.29. The number of hydrogen-bond donors (Lipinski definition) is 0. The predicted molar refractivity (Wildman–Crippen MR) is 79.5 cm³/mol. The Morgan fingerprint density at radius 1 is 1.17 bits per heavy atom. The van der Waals surface area contributed by atoms with E-state index in [1.165, 1.54) is 0 Å². The second kappa shape index (κ2) is 5.74. The fraction of sp³-hybridized carbons (Fsp3) is 0.167. The molecule has 0 N–H and O–H groups in total. The van der Waals surface area contributed by atoms with Crippen LogP contribution in [0.1, 0.15) is 18.1 Å². The largest absolute Gasteiger partial charge is 0.219 e. The van der Waals surface area contributed by atoms with Crippen LogP contribution in [0.25, 0.3) is 11.1 Å². The molecule has 1 unspecified atom stereocenters. The highest BCUT2D eigenvalue weighted by molar-refractivity contribution is 9.10. The van der Waals surface area contributed by atoms with Crippen molar-refractivity contribution in [2.24, 2.45) is 0 Å². The molecular formula is C12H8BrCl3N2. The van der Waals surface area contributed by atoms with Crippen molar-refractivity contribution in [2.75, 3.05) is 0 Å². The normalized spacial score (nSPS) is 12.5. The van der Waals surface area contributed by atoms with E-state index in [0.29, 0.717) is 21.7 Å². The van der Waals surface area contributed by atoms with Crippen molar-refractivity contribution in [1.29, 1.82) is 0 Å². The average molecular weight is 366 g/mol. The van der Waals surface area contributed by atoms with Gasteiger partial charge in [0.2, 0.25) is 0 Å². The van der Waals surface area contributed by atoms with Crippen LogP contribution in [0, 0.1) is 0 Å². The Morgan fingerprint density at radius 3 is 2.28 bits per heavy atom. The summed E-state index contributed by atoms with van der Waals surface area (Å²) in [4.78, 5) is 8.32. The lowest BCUT2D eigenvalue weighted by atomic mass is 10.1. The molecule has 0 amide bonds. The number of rotatable bonds is 2. The maximum absolute atomic E-state index is 6.16. The van der Waals surface area contributed by atoms with E-state index < -0.39 is 0 Å². The number of benzene rings is 1. The zero-order valence-corrected chi connectivity index (χ0v) is 13.1. The molecule has 0 bridgehead atoms. The number of halogens is 4. The molecule has 0 aliphatic heterocycles. The van der Waals surface area contributed by atoms with Gasteiger partial charge in [-0.2, -0.15) is 0 Å². The molecule has 1 heterocycles. The molecule has 0 spiro atoms. The van der Waals surface area contributed by atoms with Crippen LogP contribution >= 0.6 is 50.7 Å². The van der Waals surface area contributed by atoms with E-state index in [-0.39, 0.29) is 5.38 Å². The molecule has 94 valence electrons. The van der Waals surface area contributed by atoms with Crippen LogP contribution in [-0.4, -0.2) is 9.97 Å². The monoisotopic (exact) mass is 364 g/mol. The van der Waals surface area contributed by atoms with Crippen molar-refractivity contribution in [3.8, 4) is 11.1 Å². The third kappa shape index (κ3) is 2.97. The molecule has 0 radical (unpaired) electrons. The van der Waals surface area contributed by atoms with Crippen LogP contribution in [0.15, 0.2) is 28.7 Å². The van der Waals surface area contributed by atoms with E-state index in [1.54, 1.807) is 6.92 Å². The van der Waals surface area contributed by atoms with Gasteiger partial charge in [-0.1, -0.05) is 51.3 Å². The molecule has 0 fully saturated rings. The maximum atomic E-state index is 6.16. The van der Waals surface area contributed by atoms with E-state index >= 15 is 0 Å². The highest BCUT2D eigenvalue weighted by Crippen LogP contribution is 2.34. The van der Waals surface area contributed by atoms with Crippen LogP contribution in [0.2, 0.25) is 10.3 Å². The first-order chi connectivity index (χ1) is 8.49. The van der Waals surface area contributed by atoms with E-state index in [2.05, 4.69) is 25.9 Å². The summed E-state index contributed by atoms with van der Waals surface area (Å²) in [5.41, 5.74) is 1.47. The van der Waals surface area contributed by atoms with Gasteiger partial charge in [-0.25, -0.2) is 9.97 Å². The standard InChI is InChI=1S/C12H8BrCl3N2/c1-6(14)12-17-10(15)9(11(16)18-12)7-3-2-4-8(13)5-7/h2-6H,1H3. The Hall–Kier alpha value is -0.350. The fourth-order valence-corrected chi connectivity index (χ4v) is 2.60. The molecule has 2 nitrogen and oxygen atoms in total. The molecule has 0 aliphatic rings. The average Bonchev–Trinajstić information content (AvgIpc) is 2.27. The molecule has 0 saturated heterocycles.